The molecule has 1 aliphatic carbocycles. The quantitative estimate of drug-likeness (QED) is 0.818. The third kappa shape index (κ3) is 1.59. The Morgan fingerprint density at radius 1 is 1.41 bits per heavy atom. The summed E-state index contributed by atoms with van der Waals surface area (Å²) in [6.45, 7) is 4.67. The molecule has 88 valence electrons. The van der Waals surface area contributed by atoms with Crippen LogP contribution in [0, 0.1) is 5.41 Å². The molecule has 1 atom stereocenters. The predicted molar refractivity (Wildman–Crippen MR) is 71.7 cm³/mol. The van der Waals surface area contributed by atoms with Crippen molar-refractivity contribution in [3.63, 3.8) is 0 Å². The lowest BCUT2D eigenvalue weighted by Crippen LogP contribution is -2.12. The highest BCUT2D eigenvalue weighted by Gasteiger charge is 2.31. The van der Waals surface area contributed by atoms with E-state index in [4.69, 9.17) is 0 Å². The number of aromatic nitrogens is 2. The molecule has 1 aliphatic rings. The fourth-order valence-corrected chi connectivity index (χ4v) is 2.86. The van der Waals surface area contributed by atoms with E-state index in [-0.39, 0.29) is 0 Å². The second kappa shape index (κ2) is 3.73. The average molecular weight is 226 g/mol. The largest absolute Gasteiger partial charge is 0.278 e. The van der Waals surface area contributed by atoms with Crippen LogP contribution >= 0.6 is 0 Å². The number of allylic oxidation sites excluding steroid dienone is 2. The molecule has 2 nitrogen and oxygen atoms in total. The van der Waals surface area contributed by atoms with Crippen molar-refractivity contribution in [2.24, 2.45) is 5.41 Å². The third-order valence-corrected chi connectivity index (χ3v) is 4.23. The van der Waals surface area contributed by atoms with Gasteiger partial charge in [-0.2, -0.15) is 5.10 Å². The molecule has 0 spiro atoms. The summed E-state index contributed by atoms with van der Waals surface area (Å²) >= 11 is 0. The third-order valence-electron chi connectivity index (χ3n) is 4.23. The van der Waals surface area contributed by atoms with Crippen molar-refractivity contribution >= 4 is 16.5 Å². The van der Waals surface area contributed by atoms with Gasteiger partial charge in [0.15, 0.2) is 0 Å². The summed E-state index contributed by atoms with van der Waals surface area (Å²) in [5.41, 5.74) is 4.35. The molecule has 1 heterocycles. The Morgan fingerprint density at radius 2 is 2.29 bits per heavy atom. The highest BCUT2D eigenvalue weighted by molar-refractivity contribution is 5.84. The van der Waals surface area contributed by atoms with Crippen LogP contribution in [0.15, 0.2) is 30.5 Å². The molecular weight excluding hydrogens is 208 g/mol. The van der Waals surface area contributed by atoms with Crippen molar-refractivity contribution in [2.75, 3.05) is 0 Å². The van der Waals surface area contributed by atoms with Gasteiger partial charge in [0, 0.05) is 5.39 Å². The number of benzene rings is 1. The van der Waals surface area contributed by atoms with Crippen LogP contribution in [0.1, 0.15) is 38.7 Å². The standard InChI is InChI=1S/C15H18N2/c1-3-15(2)8-4-5-13(15)11-6-7-14-12(9-11)10-16-17-14/h5-7,9-10H,3-4,8H2,1-2H3,(H,16,17). The molecule has 0 bridgehead atoms. The van der Waals surface area contributed by atoms with E-state index in [2.05, 4.69) is 48.3 Å². The van der Waals surface area contributed by atoms with Gasteiger partial charge in [0.05, 0.1) is 11.7 Å². The molecule has 1 N–H and O–H groups in total. The van der Waals surface area contributed by atoms with Gasteiger partial charge >= 0.3 is 0 Å². The van der Waals surface area contributed by atoms with Gasteiger partial charge in [-0.1, -0.05) is 26.0 Å². The SMILES string of the molecule is CCC1(C)CCC=C1c1ccc2[nH]ncc2c1. The minimum Gasteiger partial charge on any atom is -0.278 e. The first kappa shape index (κ1) is 10.6. The van der Waals surface area contributed by atoms with Crippen LogP contribution in [0.4, 0.5) is 0 Å². The highest BCUT2D eigenvalue weighted by Crippen LogP contribution is 2.47. The summed E-state index contributed by atoms with van der Waals surface area (Å²) in [4.78, 5) is 0. The van der Waals surface area contributed by atoms with Crippen LogP contribution in [-0.4, -0.2) is 10.2 Å². The van der Waals surface area contributed by atoms with E-state index >= 15 is 0 Å². The number of nitrogens with one attached hydrogen (secondary N) is 1. The van der Waals surface area contributed by atoms with Crippen LogP contribution in [-0.2, 0) is 0 Å². The summed E-state index contributed by atoms with van der Waals surface area (Å²) in [6.07, 6.45) is 8.01. The Morgan fingerprint density at radius 3 is 3.12 bits per heavy atom. The zero-order valence-corrected chi connectivity index (χ0v) is 10.5. The number of nitrogens with zero attached hydrogens (tertiary/aromatic N) is 1. The molecule has 0 saturated carbocycles. The number of rotatable bonds is 2. The van der Waals surface area contributed by atoms with Crippen molar-refractivity contribution < 1.29 is 0 Å². The predicted octanol–water partition coefficient (Wildman–Crippen LogP) is 4.16. The van der Waals surface area contributed by atoms with Gasteiger partial charge < -0.3 is 0 Å². The molecule has 3 rings (SSSR count). The van der Waals surface area contributed by atoms with Crippen molar-refractivity contribution in [3.05, 3.63) is 36.0 Å². The van der Waals surface area contributed by atoms with Crippen molar-refractivity contribution in [3.8, 4) is 0 Å². The molecule has 0 aliphatic heterocycles. The van der Waals surface area contributed by atoms with Crippen LogP contribution in [0.5, 0.6) is 0 Å². The number of H-pyrrole nitrogens is 1. The summed E-state index contributed by atoms with van der Waals surface area (Å²) in [5.74, 6) is 0. The van der Waals surface area contributed by atoms with E-state index in [1.807, 2.05) is 6.20 Å². The fraction of sp³-hybridized carbons (Fsp3) is 0.400. The summed E-state index contributed by atoms with van der Waals surface area (Å²) < 4.78 is 0. The first-order valence-corrected chi connectivity index (χ1v) is 6.37. The number of fused-ring (bicyclic) bond motifs is 1. The lowest BCUT2D eigenvalue weighted by Gasteiger charge is -2.26. The van der Waals surface area contributed by atoms with Crippen molar-refractivity contribution in [1.29, 1.82) is 0 Å². The lowest BCUT2D eigenvalue weighted by atomic mass is 9.78. The first-order chi connectivity index (χ1) is 8.23. The first-order valence-electron chi connectivity index (χ1n) is 6.37. The summed E-state index contributed by atoms with van der Waals surface area (Å²) in [6, 6.07) is 6.60. The van der Waals surface area contributed by atoms with Crippen molar-refractivity contribution in [2.45, 2.75) is 33.1 Å². The van der Waals surface area contributed by atoms with Crippen LogP contribution in [0.2, 0.25) is 0 Å². The number of hydrogen-bond acceptors (Lipinski definition) is 1. The lowest BCUT2D eigenvalue weighted by molar-refractivity contribution is 0.419. The second-order valence-electron chi connectivity index (χ2n) is 5.24. The molecule has 0 amide bonds. The van der Waals surface area contributed by atoms with Gasteiger partial charge in [-0.05, 0) is 47.9 Å². The Labute approximate surface area is 102 Å². The van der Waals surface area contributed by atoms with Gasteiger partial charge in [0.1, 0.15) is 0 Å². The zero-order valence-electron chi connectivity index (χ0n) is 10.5. The van der Waals surface area contributed by atoms with E-state index in [1.165, 1.54) is 35.8 Å². The number of aromatic amines is 1. The molecule has 1 unspecified atom stereocenters. The van der Waals surface area contributed by atoms with Gasteiger partial charge in [0.2, 0.25) is 0 Å². The molecular formula is C15H18N2. The molecule has 17 heavy (non-hydrogen) atoms. The smallest absolute Gasteiger partial charge is 0.0650 e. The molecule has 0 saturated heterocycles. The van der Waals surface area contributed by atoms with Gasteiger partial charge in [-0.25, -0.2) is 0 Å². The average Bonchev–Trinajstić information content (AvgIpc) is 2.94. The van der Waals surface area contributed by atoms with Gasteiger partial charge in [-0.15, -0.1) is 0 Å². The summed E-state index contributed by atoms with van der Waals surface area (Å²) in [7, 11) is 0. The second-order valence-corrected chi connectivity index (χ2v) is 5.24. The van der Waals surface area contributed by atoms with Crippen LogP contribution < -0.4 is 0 Å². The van der Waals surface area contributed by atoms with E-state index < -0.39 is 0 Å². The Balaban J connectivity index is 2.09. The Bertz CT molecular complexity index is 579. The van der Waals surface area contributed by atoms with Gasteiger partial charge in [0.25, 0.3) is 0 Å². The Hall–Kier alpha value is -1.57. The molecule has 0 fully saturated rings. The highest BCUT2D eigenvalue weighted by atomic mass is 15.1. The maximum absolute atomic E-state index is 4.08. The van der Waals surface area contributed by atoms with Crippen LogP contribution in [0.25, 0.3) is 16.5 Å². The van der Waals surface area contributed by atoms with E-state index in [1.54, 1.807) is 0 Å². The topological polar surface area (TPSA) is 28.7 Å². The Kier molecular flexibility index (Phi) is 2.32. The molecule has 2 aromatic rings. The zero-order chi connectivity index (χ0) is 11.9. The maximum Gasteiger partial charge on any atom is 0.0650 e. The molecule has 1 aromatic carbocycles. The van der Waals surface area contributed by atoms with Gasteiger partial charge in [-0.3, -0.25) is 5.10 Å². The fourth-order valence-electron chi connectivity index (χ4n) is 2.86. The van der Waals surface area contributed by atoms with Crippen molar-refractivity contribution in [1.82, 2.24) is 10.2 Å². The number of hydrogen-bond donors (Lipinski definition) is 1. The molecule has 2 heteroatoms. The van der Waals surface area contributed by atoms with E-state index in [0.717, 1.165) is 5.52 Å². The monoisotopic (exact) mass is 226 g/mol. The molecule has 1 aromatic heterocycles. The molecule has 0 radical (unpaired) electrons. The van der Waals surface area contributed by atoms with Crippen LogP contribution in [0.3, 0.4) is 0 Å². The van der Waals surface area contributed by atoms with E-state index in [0.29, 0.717) is 5.41 Å². The minimum absolute atomic E-state index is 0.359. The van der Waals surface area contributed by atoms with E-state index in [9.17, 15) is 0 Å². The maximum atomic E-state index is 4.08. The normalized spacial score (nSPS) is 24.2. The minimum atomic E-state index is 0.359. The summed E-state index contributed by atoms with van der Waals surface area (Å²) in [5, 5.41) is 8.29.